The van der Waals surface area contributed by atoms with Crippen molar-refractivity contribution >= 4 is 10.0 Å². The van der Waals surface area contributed by atoms with Crippen LogP contribution in [-0.4, -0.2) is 56.5 Å². The van der Waals surface area contributed by atoms with E-state index in [-0.39, 0.29) is 18.4 Å². The summed E-state index contributed by atoms with van der Waals surface area (Å²) in [6.45, 7) is 2.08. The minimum Gasteiger partial charge on any atom is -0.395 e. The van der Waals surface area contributed by atoms with Crippen LogP contribution < -0.4 is 4.72 Å². The number of hydrogen-bond acceptors (Lipinski definition) is 4. The van der Waals surface area contributed by atoms with Gasteiger partial charge in [0.25, 0.3) is 0 Å². The fourth-order valence-corrected chi connectivity index (χ4v) is 2.31. The standard InChI is InChI=1S/C9H20N2O3S/c1-8(11(2)9-3-4-9)7-10-15(13,14)6-5-12/h8-10,12H,3-7H2,1-2H3. The van der Waals surface area contributed by atoms with Gasteiger partial charge in [-0.25, -0.2) is 13.1 Å². The van der Waals surface area contributed by atoms with Crippen molar-refractivity contribution in [1.82, 2.24) is 9.62 Å². The van der Waals surface area contributed by atoms with Gasteiger partial charge in [0.05, 0.1) is 12.4 Å². The van der Waals surface area contributed by atoms with Gasteiger partial charge < -0.3 is 5.11 Å². The Bertz CT molecular complexity index is 288. The number of aliphatic hydroxyl groups excluding tert-OH is 1. The Hall–Kier alpha value is -0.170. The molecule has 0 saturated heterocycles. The summed E-state index contributed by atoms with van der Waals surface area (Å²) in [6.07, 6.45) is 2.43. The van der Waals surface area contributed by atoms with Gasteiger partial charge in [0.2, 0.25) is 10.0 Å². The molecule has 2 N–H and O–H groups in total. The quantitative estimate of drug-likeness (QED) is 0.618. The smallest absolute Gasteiger partial charge is 0.213 e. The Morgan fingerprint density at radius 1 is 1.53 bits per heavy atom. The predicted octanol–water partition coefficient (Wildman–Crippen LogP) is -0.619. The van der Waals surface area contributed by atoms with E-state index in [1.165, 1.54) is 12.8 Å². The second kappa shape index (κ2) is 5.25. The lowest BCUT2D eigenvalue weighted by molar-refractivity contribution is 0.248. The number of nitrogens with zero attached hydrogens (tertiary/aromatic N) is 1. The van der Waals surface area contributed by atoms with Crippen LogP contribution in [-0.2, 0) is 10.0 Å². The lowest BCUT2D eigenvalue weighted by Crippen LogP contribution is -2.42. The van der Waals surface area contributed by atoms with E-state index in [1.54, 1.807) is 0 Å². The summed E-state index contributed by atoms with van der Waals surface area (Å²) in [5.74, 6) is -0.215. The van der Waals surface area contributed by atoms with Gasteiger partial charge in [-0.1, -0.05) is 0 Å². The van der Waals surface area contributed by atoms with Crippen LogP contribution in [0.4, 0.5) is 0 Å². The number of aliphatic hydroxyl groups is 1. The normalized spacial score (nSPS) is 19.5. The SMILES string of the molecule is CC(CNS(=O)(=O)CCO)N(C)C1CC1. The van der Waals surface area contributed by atoms with Gasteiger partial charge in [-0.15, -0.1) is 0 Å². The molecule has 0 heterocycles. The number of hydrogen-bond donors (Lipinski definition) is 2. The van der Waals surface area contributed by atoms with Gasteiger partial charge in [-0.05, 0) is 26.8 Å². The van der Waals surface area contributed by atoms with Gasteiger partial charge in [0.15, 0.2) is 0 Å². The minimum atomic E-state index is -3.29. The van der Waals surface area contributed by atoms with Crippen LogP contribution in [0.1, 0.15) is 19.8 Å². The van der Waals surface area contributed by atoms with Crippen molar-refractivity contribution in [2.45, 2.75) is 31.8 Å². The van der Waals surface area contributed by atoms with Crippen LogP contribution in [0, 0.1) is 0 Å². The molecule has 1 aliphatic rings. The number of nitrogens with one attached hydrogen (secondary N) is 1. The molecule has 5 nitrogen and oxygen atoms in total. The third-order valence-electron chi connectivity index (χ3n) is 2.78. The van der Waals surface area contributed by atoms with E-state index in [4.69, 9.17) is 5.11 Å². The topological polar surface area (TPSA) is 69.6 Å². The lowest BCUT2D eigenvalue weighted by Gasteiger charge is -2.24. The Morgan fingerprint density at radius 3 is 2.60 bits per heavy atom. The molecule has 0 aliphatic heterocycles. The van der Waals surface area contributed by atoms with E-state index in [2.05, 4.69) is 9.62 Å². The predicted molar refractivity (Wildman–Crippen MR) is 59.1 cm³/mol. The molecule has 1 rings (SSSR count). The Labute approximate surface area is 91.5 Å². The van der Waals surface area contributed by atoms with Crippen molar-refractivity contribution in [2.24, 2.45) is 0 Å². The summed E-state index contributed by atoms with van der Waals surface area (Å²) < 4.78 is 25.0. The van der Waals surface area contributed by atoms with Crippen molar-refractivity contribution in [3.05, 3.63) is 0 Å². The molecule has 0 spiro atoms. The Balaban J connectivity index is 2.29. The highest BCUT2D eigenvalue weighted by Crippen LogP contribution is 2.26. The first-order valence-electron chi connectivity index (χ1n) is 5.26. The summed E-state index contributed by atoms with van der Waals surface area (Å²) in [6, 6.07) is 0.827. The molecular formula is C9H20N2O3S. The molecule has 0 aromatic heterocycles. The first-order valence-corrected chi connectivity index (χ1v) is 6.91. The fraction of sp³-hybridized carbons (Fsp3) is 1.00. The lowest BCUT2D eigenvalue weighted by atomic mass is 10.3. The second-order valence-corrected chi connectivity index (χ2v) is 6.06. The molecule has 1 unspecified atom stereocenters. The first-order chi connectivity index (χ1) is 6.96. The van der Waals surface area contributed by atoms with Gasteiger partial charge in [-0.2, -0.15) is 0 Å². The average molecular weight is 236 g/mol. The third-order valence-corrected chi connectivity index (χ3v) is 4.10. The summed E-state index contributed by atoms with van der Waals surface area (Å²) >= 11 is 0. The summed E-state index contributed by atoms with van der Waals surface area (Å²) in [7, 11) is -1.28. The van der Waals surface area contributed by atoms with Crippen LogP contribution in [0.15, 0.2) is 0 Å². The molecule has 1 fully saturated rings. The van der Waals surface area contributed by atoms with E-state index >= 15 is 0 Å². The zero-order valence-electron chi connectivity index (χ0n) is 9.31. The summed E-state index contributed by atoms with van der Waals surface area (Å²) in [5.41, 5.74) is 0. The Kier molecular flexibility index (Phi) is 4.51. The highest BCUT2D eigenvalue weighted by atomic mass is 32.2. The second-order valence-electron chi connectivity index (χ2n) is 4.14. The molecule has 0 aromatic rings. The molecule has 15 heavy (non-hydrogen) atoms. The van der Waals surface area contributed by atoms with E-state index < -0.39 is 10.0 Å². The third kappa shape index (κ3) is 4.46. The van der Waals surface area contributed by atoms with Crippen molar-refractivity contribution in [1.29, 1.82) is 0 Å². The van der Waals surface area contributed by atoms with Crippen LogP contribution in [0.25, 0.3) is 0 Å². The summed E-state index contributed by atoms with van der Waals surface area (Å²) in [5, 5.41) is 8.54. The molecule has 0 bridgehead atoms. The highest BCUT2D eigenvalue weighted by molar-refractivity contribution is 7.89. The molecule has 6 heteroatoms. The highest BCUT2D eigenvalue weighted by Gasteiger charge is 2.29. The van der Waals surface area contributed by atoms with Gasteiger partial charge in [0, 0.05) is 18.6 Å². The minimum absolute atomic E-state index is 0.200. The first kappa shape index (κ1) is 12.9. The van der Waals surface area contributed by atoms with Crippen molar-refractivity contribution in [3.63, 3.8) is 0 Å². The largest absolute Gasteiger partial charge is 0.395 e. The maximum Gasteiger partial charge on any atom is 0.213 e. The number of sulfonamides is 1. The van der Waals surface area contributed by atoms with Crippen molar-refractivity contribution in [2.75, 3.05) is 26.0 Å². The molecule has 0 amide bonds. The van der Waals surface area contributed by atoms with Crippen LogP contribution in [0.2, 0.25) is 0 Å². The van der Waals surface area contributed by atoms with E-state index in [1.807, 2.05) is 14.0 Å². The van der Waals surface area contributed by atoms with Crippen LogP contribution in [0.5, 0.6) is 0 Å². The molecule has 1 aliphatic carbocycles. The number of likely N-dealkylation sites (N-methyl/N-ethyl adjacent to an activating group) is 1. The zero-order valence-corrected chi connectivity index (χ0v) is 10.1. The Morgan fingerprint density at radius 2 is 2.13 bits per heavy atom. The maximum atomic E-state index is 11.3. The van der Waals surface area contributed by atoms with Gasteiger partial charge in [-0.3, -0.25) is 4.90 Å². The maximum absolute atomic E-state index is 11.3. The molecule has 90 valence electrons. The van der Waals surface area contributed by atoms with Crippen molar-refractivity contribution < 1.29 is 13.5 Å². The molecular weight excluding hydrogens is 216 g/mol. The van der Waals surface area contributed by atoms with E-state index in [0.29, 0.717) is 12.6 Å². The monoisotopic (exact) mass is 236 g/mol. The van der Waals surface area contributed by atoms with Gasteiger partial charge in [0.1, 0.15) is 0 Å². The average Bonchev–Trinajstić information content (AvgIpc) is 2.96. The number of rotatable bonds is 7. The molecule has 1 saturated carbocycles. The van der Waals surface area contributed by atoms with E-state index in [9.17, 15) is 8.42 Å². The summed E-state index contributed by atoms with van der Waals surface area (Å²) in [4.78, 5) is 2.20. The fourth-order valence-electron chi connectivity index (χ4n) is 1.43. The molecule has 1 atom stereocenters. The molecule has 0 radical (unpaired) electrons. The molecule has 0 aromatic carbocycles. The van der Waals surface area contributed by atoms with Crippen LogP contribution >= 0.6 is 0 Å². The zero-order chi connectivity index (χ0) is 11.5. The van der Waals surface area contributed by atoms with Crippen LogP contribution in [0.3, 0.4) is 0 Å². The van der Waals surface area contributed by atoms with Gasteiger partial charge >= 0.3 is 0 Å². The van der Waals surface area contributed by atoms with E-state index in [0.717, 1.165) is 0 Å². The van der Waals surface area contributed by atoms with Crippen molar-refractivity contribution in [3.8, 4) is 0 Å².